The third-order valence-corrected chi connectivity index (χ3v) is 6.55. The standard InChI is InChI=1S/C22H31N3O4S/c1-22(2,3)23-30(27,28)20-13-12-19(29-20)21(26)24(4)16-17-8-10-18(11-9-17)25-14-6-5-7-15-25/h8-13,23H,5-7,14-16H2,1-4H3. The molecule has 30 heavy (non-hydrogen) atoms. The quantitative estimate of drug-likeness (QED) is 0.752. The highest BCUT2D eigenvalue weighted by Gasteiger charge is 2.27. The fourth-order valence-corrected chi connectivity index (χ4v) is 4.88. The van der Waals surface area contributed by atoms with Gasteiger partial charge < -0.3 is 14.2 Å². The Morgan fingerprint density at radius 1 is 1.07 bits per heavy atom. The van der Waals surface area contributed by atoms with E-state index in [0.29, 0.717) is 6.54 Å². The number of amides is 1. The molecule has 0 bridgehead atoms. The molecule has 0 saturated carbocycles. The molecule has 2 heterocycles. The van der Waals surface area contributed by atoms with E-state index < -0.39 is 15.6 Å². The normalized spacial score (nSPS) is 15.3. The van der Waals surface area contributed by atoms with Gasteiger partial charge in [-0.25, -0.2) is 13.1 Å². The number of hydrogen-bond donors (Lipinski definition) is 1. The number of carbonyl (C=O) groups is 1. The van der Waals surface area contributed by atoms with Crippen LogP contribution in [0.25, 0.3) is 0 Å². The number of carbonyl (C=O) groups excluding carboxylic acids is 1. The molecule has 8 heteroatoms. The summed E-state index contributed by atoms with van der Waals surface area (Å²) in [5, 5.41) is -0.264. The van der Waals surface area contributed by atoms with Crippen molar-refractivity contribution in [2.75, 3.05) is 25.0 Å². The van der Waals surface area contributed by atoms with Crippen molar-refractivity contribution in [2.45, 2.75) is 57.2 Å². The minimum Gasteiger partial charge on any atom is -0.438 e. The molecule has 0 aliphatic carbocycles. The molecule has 1 amide bonds. The lowest BCUT2D eigenvalue weighted by Crippen LogP contribution is -2.40. The van der Waals surface area contributed by atoms with Crippen molar-refractivity contribution < 1.29 is 17.6 Å². The number of hydrogen-bond acceptors (Lipinski definition) is 5. The zero-order valence-corrected chi connectivity index (χ0v) is 19.0. The van der Waals surface area contributed by atoms with Crippen LogP contribution in [0.3, 0.4) is 0 Å². The largest absolute Gasteiger partial charge is 0.438 e. The van der Waals surface area contributed by atoms with Crippen LogP contribution in [0.2, 0.25) is 0 Å². The van der Waals surface area contributed by atoms with E-state index in [2.05, 4.69) is 21.8 Å². The summed E-state index contributed by atoms with van der Waals surface area (Å²) in [6.07, 6.45) is 3.75. The first-order valence-corrected chi connectivity index (χ1v) is 11.8. The van der Waals surface area contributed by atoms with Gasteiger partial charge in [-0.2, -0.15) is 0 Å². The summed E-state index contributed by atoms with van der Waals surface area (Å²) in [7, 11) is -2.15. The van der Waals surface area contributed by atoms with Gasteiger partial charge in [0.25, 0.3) is 15.9 Å². The van der Waals surface area contributed by atoms with E-state index in [4.69, 9.17) is 4.42 Å². The SMILES string of the molecule is CN(Cc1ccc(N2CCCCC2)cc1)C(=O)c1ccc(S(=O)(=O)NC(C)(C)C)o1. The molecule has 1 aromatic heterocycles. The van der Waals surface area contributed by atoms with E-state index in [-0.39, 0.29) is 16.8 Å². The van der Waals surface area contributed by atoms with Gasteiger partial charge >= 0.3 is 0 Å². The minimum absolute atomic E-state index is 0.00304. The lowest BCUT2D eigenvalue weighted by atomic mass is 10.1. The number of nitrogens with zero attached hydrogens (tertiary/aromatic N) is 2. The van der Waals surface area contributed by atoms with Gasteiger partial charge in [-0.15, -0.1) is 0 Å². The Balaban J connectivity index is 1.64. The summed E-state index contributed by atoms with van der Waals surface area (Å²) < 4.78 is 32.6. The zero-order chi connectivity index (χ0) is 21.9. The monoisotopic (exact) mass is 433 g/mol. The summed E-state index contributed by atoms with van der Waals surface area (Å²) >= 11 is 0. The molecule has 164 valence electrons. The second-order valence-corrected chi connectivity index (χ2v) is 10.5. The zero-order valence-electron chi connectivity index (χ0n) is 18.1. The van der Waals surface area contributed by atoms with Crippen LogP contribution in [0.4, 0.5) is 5.69 Å². The van der Waals surface area contributed by atoms with Crippen LogP contribution in [0.5, 0.6) is 0 Å². The number of sulfonamides is 1. The average Bonchev–Trinajstić information content (AvgIpc) is 3.18. The number of anilines is 1. The van der Waals surface area contributed by atoms with E-state index in [0.717, 1.165) is 18.7 Å². The Kier molecular flexibility index (Phi) is 6.57. The third kappa shape index (κ3) is 5.64. The average molecular weight is 434 g/mol. The highest BCUT2D eigenvalue weighted by atomic mass is 32.2. The van der Waals surface area contributed by atoms with Crippen LogP contribution in [0.1, 0.15) is 56.2 Å². The third-order valence-electron chi connectivity index (χ3n) is 4.92. The van der Waals surface area contributed by atoms with Crippen LogP contribution in [-0.2, 0) is 16.6 Å². The Labute approximate surface area is 179 Å². The summed E-state index contributed by atoms with van der Waals surface area (Å²) in [5.41, 5.74) is 1.56. The fourth-order valence-electron chi connectivity index (χ4n) is 3.53. The van der Waals surface area contributed by atoms with Crippen LogP contribution in [0.15, 0.2) is 45.9 Å². The molecule has 1 fully saturated rings. The summed E-state index contributed by atoms with van der Waals surface area (Å²) in [6.45, 7) is 7.80. The Hall–Kier alpha value is -2.32. The predicted octanol–water partition coefficient (Wildman–Crippen LogP) is 3.62. The molecule has 1 saturated heterocycles. The molecule has 7 nitrogen and oxygen atoms in total. The molecule has 1 aliphatic rings. The van der Waals surface area contributed by atoms with Gasteiger partial charge in [-0.05, 0) is 69.9 Å². The second-order valence-electron chi connectivity index (χ2n) is 8.85. The Bertz CT molecular complexity index is 969. The first-order valence-electron chi connectivity index (χ1n) is 10.3. The minimum atomic E-state index is -3.82. The number of nitrogens with one attached hydrogen (secondary N) is 1. The van der Waals surface area contributed by atoms with Crippen molar-refractivity contribution in [2.24, 2.45) is 0 Å². The molecule has 1 aromatic carbocycles. The molecule has 1 N–H and O–H groups in total. The number of piperidine rings is 1. The lowest BCUT2D eigenvalue weighted by molar-refractivity contribution is 0.0747. The Morgan fingerprint density at radius 3 is 2.30 bits per heavy atom. The molecular weight excluding hydrogens is 402 g/mol. The highest BCUT2D eigenvalue weighted by molar-refractivity contribution is 7.89. The predicted molar refractivity (Wildman–Crippen MR) is 117 cm³/mol. The molecule has 0 spiro atoms. The van der Waals surface area contributed by atoms with E-state index >= 15 is 0 Å². The van der Waals surface area contributed by atoms with Gasteiger partial charge in [0.2, 0.25) is 5.09 Å². The van der Waals surface area contributed by atoms with E-state index in [1.165, 1.54) is 42.0 Å². The molecule has 2 aromatic rings. The van der Waals surface area contributed by atoms with Crippen LogP contribution >= 0.6 is 0 Å². The van der Waals surface area contributed by atoms with Gasteiger partial charge in [-0.1, -0.05) is 12.1 Å². The van der Waals surface area contributed by atoms with Crippen LogP contribution < -0.4 is 9.62 Å². The van der Waals surface area contributed by atoms with Gasteiger partial charge in [0.1, 0.15) is 0 Å². The van der Waals surface area contributed by atoms with Gasteiger partial charge in [0.15, 0.2) is 5.76 Å². The lowest BCUT2D eigenvalue weighted by Gasteiger charge is -2.29. The smallest absolute Gasteiger partial charge is 0.289 e. The molecule has 1 aliphatic heterocycles. The number of rotatable bonds is 6. The van der Waals surface area contributed by atoms with Crippen molar-refractivity contribution in [1.82, 2.24) is 9.62 Å². The van der Waals surface area contributed by atoms with Gasteiger partial charge in [-0.3, -0.25) is 4.79 Å². The van der Waals surface area contributed by atoms with Gasteiger partial charge in [0, 0.05) is 37.9 Å². The maximum Gasteiger partial charge on any atom is 0.289 e. The molecule has 0 radical (unpaired) electrons. The Morgan fingerprint density at radius 2 is 1.70 bits per heavy atom. The highest BCUT2D eigenvalue weighted by Crippen LogP contribution is 2.22. The maximum atomic E-state index is 12.7. The molecular formula is C22H31N3O4S. The van der Waals surface area contributed by atoms with Crippen molar-refractivity contribution in [3.63, 3.8) is 0 Å². The molecule has 3 rings (SSSR count). The van der Waals surface area contributed by atoms with Crippen molar-refractivity contribution in [3.05, 3.63) is 47.7 Å². The van der Waals surface area contributed by atoms with Crippen LogP contribution in [-0.4, -0.2) is 44.9 Å². The topological polar surface area (TPSA) is 82.9 Å². The van der Waals surface area contributed by atoms with Crippen molar-refractivity contribution in [3.8, 4) is 0 Å². The summed E-state index contributed by atoms with van der Waals surface area (Å²) in [4.78, 5) is 16.6. The van der Waals surface area contributed by atoms with Crippen LogP contribution in [0, 0.1) is 0 Å². The molecule has 0 atom stereocenters. The maximum absolute atomic E-state index is 12.7. The van der Waals surface area contributed by atoms with E-state index in [1.807, 2.05) is 12.1 Å². The van der Waals surface area contributed by atoms with E-state index in [9.17, 15) is 13.2 Å². The number of furan rings is 1. The fraction of sp³-hybridized carbons (Fsp3) is 0.500. The first kappa shape index (κ1) is 22.4. The van der Waals surface area contributed by atoms with Crippen molar-refractivity contribution >= 4 is 21.6 Å². The van der Waals surface area contributed by atoms with E-state index in [1.54, 1.807) is 27.8 Å². The number of benzene rings is 1. The summed E-state index contributed by atoms with van der Waals surface area (Å²) in [6, 6.07) is 10.9. The molecule has 0 unspecified atom stereocenters. The van der Waals surface area contributed by atoms with Gasteiger partial charge in [0.05, 0.1) is 0 Å². The summed E-state index contributed by atoms with van der Waals surface area (Å²) in [5.74, 6) is -0.371. The first-order chi connectivity index (χ1) is 14.0. The second kappa shape index (κ2) is 8.81. The van der Waals surface area contributed by atoms with Crippen molar-refractivity contribution in [1.29, 1.82) is 0 Å².